The minimum absolute atomic E-state index is 0.000556. The first kappa shape index (κ1) is 55.0. The molecule has 5 aromatic rings. The van der Waals surface area contributed by atoms with Crippen molar-refractivity contribution >= 4 is 65.1 Å². The second kappa shape index (κ2) is 30.7. The van der Waals surface area contributed by atoms with E-state index < -0.39 is 24.6 Å². The Bertz CT molecular complexity index is 2450. The molecule has 0 saturated carbocycles. The van der Waals surface area contributed by atoms with E-state index in [0.717, 1.165) is 51.6 Å². The van der Waals surface area contributed by atoms with Crippen molar-refractivity contribution in [3.8, 4) is 0 Å². The topological polar surface area (TPSA) is 239 Å². The first-order valence-corrected chi connectivity index (χ1v) is 22.8. The van der Waals surface area contributed by atoms with Gasteiger partial charge in [-0.05, 0) is 68.4 Å². The SMILES string of the molecule is O=C/C=C/c1ccccc1[N+](=O)[O-].O=[N+]([O-])c1ccccc1/C=C/CN(C/C=C/c1ccccc1[N+](=O)[O-])CCCCCCCCN(C/C=C/c1ccccc1[N+](=O)[O-])C/C=C/c1ccccc1[N+](=O)[O-]. The lowest BCUT2D eigenvalue weighted by molar-refractivity contribution is -0.385. The molecule has 0 N–H and O–H groups in total. The standard InChI is InChI=1S/C44H48N6O8.C9H7NO3/c51-47(52)41-27-9-5-19-37(41)23-15-33-45(34-16-24-38-20-6-10-28-42(38)48(53)54)31-13-3-1-2-4-14-32-46(35-17-25-39-21-7-11-29-43(39)49(55)56)36-18-26-40-22-8-12-30-44(40)50(57)58;11-7-3-5-8-4-1-2-6-9(8)10(12)13/h5-12,15-30H,1-4,13-14,31-36H2;1-7H/b23-15+,24-16+,25-17+,26-18+;5-3+. The zero-order valence-electron chi connectivity index (χ0n) is 39.0. The lowest BCUT2D eigenvalue weighted by atomic mass is 10.1. The highest BCUT2D eigenvalue weighted by atomic mass is 16.6. The average Bonchev–Trinajstić information content (AvgIpc) is 3.36. The molecule has 0 saturated heterocycles. The lowest BCUT2D eigenvalue weighted by Gasteiger charge is -2.19. The van der Waals surface area contributed by atoms with Crippen molar-refractivity contribution in [1.82, 2.24) is 9.80 Å². The van der Waals surface area contributed by atoms with E-state index in [2.05, 4.69) is 9.80 Å². The highest BCUT2D eigenvalue weighted by molar-refractivity contribution is 5.76. The molecule has 0 fully saturated rings. The number of hydrogen-bond acceptors (Lipinski definition) is 13. The van der Waals surface area contributed by atoms with E-state index in [1.165, 1.54) is 42.5 Å². The molecule has 0 amide bonds. The molecule has 0 aromatic heterocycles. The Labute approximate surface area is 411 Å². The summed E-state index contributed by atoms with van der Waals surface area (Å²) in [5.41, 5.74) is 2.67. The van der Waals surface area contributed by atoms with Crippen molar-refractivity contribution in [2.24, 2.45) is 0 Å². The summed E-state index contributed by atoms with van der Waals surface area (Å²) in [6.45, 7) is 3.72. The Morgan fingerprint density at radius 3 is 0.803 bits per heavy atom. The Balaban J connectivity index is 0.000000728. The molecule has 0 aliphatic heterocycles. The maximum absolute atomic E-state index is 11.5. The van der Waals surface area contributed by atoms with Crippen LogP contribution in [0.25, 0.3) is 30.4 Å². The van der Waals surface area contributed by atoms with E-state index in [9.17, 15) is 55.4 Å². The molecular weight excluding hydrogens is 911 g/mol. The van der Waals surface area contributed by atoms with Crippen LogP contribution in [0.5, 0.6) is 0 Å². The molecule has 0 bridgehead atoms. The molecule has 0 spiro atoms. The number of hydrogen-bond donors (Lipinski definition) is 0. The maximum atomic E-state index is 11.5. The van der Waals surface area contributed by atoms with E-state index in [0.29, 0.717) is 60.3 Å². The average molecular weight is 966 g/mol. The van der Waals surface area contributed by atoms with Crippen molar-refractivity contribution in [3.05, 3.63) is 230 Å². The zero-order chi connectivity index (χ0) is 51.2. The largest absolute Gasteiger partial charge is 0.299 e. The quantitative estimate of drug-likeness (QED) is 0.0149. The normalized spacial score (nSPS) is 11.5. The third-order valence-electron chi connectivity index (χ3n) is 10.9. The van der Waals surface area contributed by atoms with Gasteiger partial charge in [0, 0.05) is 56.5 Å². The summed E-state index contributed by atoms with van der Waals surface area (Å²) < 4.78 is 0. The van der Waals surface area contributed by atoms with Crippen molar-refractivity contribution in [2.75, 3.05) is 39.3 Å². The first-order valence-electron chi connectivity index (χ1n) is 22.8. The smallest absolute Gasteiger partial charge is 0.276 e. The Morgan fingerprint density at radius 2 is 0.563 bits per heavy atom. The number of para-hydroxylation sites is 5. The molecule has 0 unspecified atom stereocenters. The number of nitro benzene ring substituents is 5. The summed E-state index contributed by atoms with van der Waals surface area (Å²) in [6, 6.07) is 32.5. The van der Waals surface area contributed by atoms with Gasteiger partial charge in [0.05, 0.1) is 52.4 Å². The monoisotopic (exact) mass is 965 g/mol. The number of aldehydes is 1. The molecule has 0 atom stereocenters. The molecule has 0 aliphatic rings. The molecule has 368 valence electrons. The Hall–Kier alpha value is -8.61. The zero-order valence-corrected chi connectivity index (χ0v) is 39.0. The predicted molar refractivity (Wildman–Crippen MR) is 277 cm³/mol. The van der Waals surface area contributed by atoms with Gasteiger partial charge in [-0.1, -0.05) is 135 Å². The van der Waals surface area contributed by atoms with Crippen LogP contribution in [0.15, 0.2) is 152 Å². The first-order chi connectivity index (χ1) is 34.4. The lowest BCUT2D eigenvalue weighted by Crippen LogP contribution is -2.25. The number of carbonyl (C=O) groups excluding carboxylic acids is 1. The van der Waals surface area contributed by atoms with Crippen LogP contribution in [0, 0.1) is 50.6 Å². The van der Waals surface area contributed by atoms with E-state index in [1.807, 2.05) is 24.3 Å². The van der Waals surface area contributed by atoms with Crippen LogP contribution in [0.3, 0.4) is 0 Å². The third kappa shape index (κ3) is 19.5. The van der Waals surface area contributed by atoms with Crippen molar-refractivity contribution in [3.63, 3.8) is 0 Å². The molecular formula is C53H55N7O11. The molecule has 18 nitrogen and oxygen atoms in total. The number of carbonyl (C=O) groups is 1. The maximum Gasteiger partial charge on any atom is 0.276 e. The van der Waals surface area contributed by atoms with Gasteiger partial charge in [0.2, 0.25) is 0 Å². The second-order valence-electron chi connectivity index (χ2n) is 15.8. The Morgan fingerprint density at radius 1 is 0.338 bits per heavy atom. The number of rotatable bonds is 28. The summed E-state index contributed by atoms with van der Waals surface area (Å²) in [6.07, 6.45) is 23.7. The van der Waals surface area contributed by atoms with Crippen LogP contribution in [-0.4, -0.2) is 80.0 Å². The van der Waals surface area contributed by atoms with Gasteiger partial charge >= 0.3 is 0 Å². The second-order valence-corrected chi connectivity index (χ2v) is 15.8. The fourth-order valence-electron chi connectivity index (χ4n) is 7.32. The van der Waals surface area contributed by atoms with Gasteiger partial charge in [0.15, 0.2) is 0 Å². The molecule has 0 aliphatic carbocycles. The Kier molecular flexibility index (Phi) is 23.8. The van der Waals surface area contributed by atoms with Gasteiger partial charge in [-0.3, -0.25) is 65.2 Å². The van der Waals surface area contributed by atoms with E-state index in [1.54, 1.807) is 115 Å². The molecule has 18 heteroatoms. The van der Waals surface area contributed by atoms with E-state index in [-0.39, 0.29) is 28.4 Å². The molecule has 0 radical (unpaired) electrons. The highest BCUT2D eigenvalue weighted by Crippen LogP contribution is 2.23. The minimum atomic E-state index is -0.482. The number of benzene rings is 5. The summed E-state index contributed by atoms with van der Waals surface area (Å²) >= 11 is 0. The summed E-state index contributed by atoms with van der Waals surface area (Å²) in [4.78, 5) is 68.7. The molecule has 71 heavy (non-hydrogen) atoms. The van der Waals surface area contributed by atoms with Crippen LogP contribution in [0.4, 0.5) is 28.4 Å². The minimum Gasteiger partial charge on any atom is -0.299 e. The van der Waals surface area contributed by atoms with Gasteiger partial charge < -0.3 is 0 Å². The van der Waals surface area contributed by atoms with Crippen LogP contribution in [0.2, 0.25) is 0 Å². The number of unbranched alkanes of at least 4 members (excludes halogenated alkanes) is 5. The third-order valence-corrected chi connectivity index (χ3v) is 10.9. The molecule has 0 heterocycles. The van der Waals surface area contributed by atoms with Crippen LogP contribution < -0.4 is 0 Å². The summed E-state index contributed by atoms with van der Waals surface area (Å²) in [5.74, 6) is 0. The van der Waals surface area contributed by atoms with Gasteiger partial charge in [-0.25, -0.2) is 0 Å². The van der Waals surface area contributed by atoms with Gasteiger partial charge in [-0.15, -0.1) is 0 Å². The van der Waals surface area contributed by atoms with Gasteiger partial charge in [-0.2, -0.15) is 0 Å². The molecule has 5 aromatic carbocycles. The predicted octanol–water partition coefficient (Wildman–Crippen LogP) is 12.2. The summed E-state index contributed by atoms with van der Waals surface area (Å²) in [7, 11) is 0. The van der Waals surface area contributed by atoms with Gasteiger partial charge in [0.25, 0.3) is 28.4 Å². The van der Waals surface area contributed by atoms with Crippen molar-refractivity contribution in [1.29, 1.82) is 0 Å². The number of nitro groups is 5. The fourth-order valence-corrected chi connectivity index (χ4v) is 7.32. The van der Waals surface area contributed by atoms with Crippen LogP contribution in [-0.2, 0) is 4.79 Å². The highest BCUT2D eigenvalue weighted by Gasteiger charge is 2.14. The fraction of sp³-hybridized carbons (Fsp3) is 0.226. The summed E-state index contributed by atoms with van der Waals surface area (Å²) in [5, 5.41) is 56.4. The number of nitrogens with zero attached hydrogens (tertiary/aromatic N) is 7. The van der Waals surface area contributed by atoms with Crippen LogP contribution >= 0.6 is 0 Å². The van der Waals surface area contributed by atoms with Gasteiger partial charge in [0.1, 0.15) is 6.29 Å². The van der Waals surface area contributed by atoms with Crippen LogP contribution in [0.1, 0.15) is 66.3 Å². The molecule has 5 rings (SSSR count). The number of allylic oxidation sites excluding steroid dienone is 1. The van der Waals surface area contributed by atoms with Crippen molar-refractivity contribution < 1.29 is 29.4 Å². The van der Waals surface area contributed by atoms with E-state index in [4.69, 9.17) is 0 Å². The van der Waals surface area contributed by atoms with Crippen molar-refractivity contribution in [2.45, 2.75) is 38.5 Å². The van der Waals surface area contributed by atoms with E-state index >= 15 is 0 Å².